The SMILES string of the molecule is CCOC(=O)c1ccc(NC(=O)CCNc2ccccc2C(C)C)cc1. The first-order valence-electron chi connectivity index (χ1n) is 8.91. The van der Waals surface area contributed by atoms with Gasteiger partial charge in [-0.3, -0.25) is 4.79 Å². The van der Waals surface area contributed by atoms with Gasteiger partial charge in [0.15, 0.2) is 0 Å². The van der Waals surface area contributed by atoms with Gasteiger partial charge in [0.2, 0.25) is 5.91 Å². The fourth-order valence-electron chi connectivity index (χ4n) is 2.60. The molecule has 0 radical (unpaired) electrons. The van der Waals surface area contributed by atoms with E-state index in [-0.39, 0.29) is 11.9 Å². The number of rotatable bonds is 8. The van der Waals surface area contributed by atoms with Crippen LogP contribution in [0.4, 0.5) is 11.4 Å². The molecule has 0 unspecified atom stereocenters. The number of hydrogen-bond acceptors (Lipinski definition) is 4. The minimum absolute atomic E-state index is 0.0802. The predicted octanol–water partition coefficient (Wildman–Crippen LogP) is 4.43. The van der Waals surface area contributed by atoms with Crippen molar-refractivity contribution >= 4 is 23.3 Å². The largest absolute Gasteiger partial charge is 0.462 e. The molecule has 0 aliphatic heterocycles. The topological polar surface area (TPSA) is 67.4 Å². The molecule has 2 aromatic rings. The van der Waals surface area contributed by atoms with E-state index in [1.807, 2.05) is 18.2 Å². The van der Waals surface area contributed by atoms with Crippen molar-refractivity contribution in [3.63, 3.8) is 0 Å². The van der Waals surface area contributed by atoms with Crippen molar-refractivity contribution < 1.29 is 14.3 Å². The number of benzene rings is 2. The molecule has 0 spiro atoms. The van der Waals surface area contributed by atoms with Crippen molar-refractivity contribution in [3.05, 3.63) is 59.7 Å². The van der Waals surface area contributed by atoms with E-state index in [1.54, 1.807) is 31.2 Å². The summed E-state index contributed by atoms with van der Waals surface area (Å²) in [5, 5.41) is 6.16. The Morgan fingerprint density at radius 1 is 1.04 bits per heavy atom. The van der Waals surface area contributed by atoms with E-state index in [1.165, 1.54) is 5.56 Å². The molecule has 0 saturated carbocycles. The first-order valence-corrected chi connectivity index (χ1v) is 8.91. The average molecular weight is 354 g/mol. The van der Waals surface area contributed by atoms with Crippen LogP contribution in [-0.2, 0) is 9.53 Å². The van der Waals surface area contributed by atoms with Crippen molar-refractivity contribution in [2.75, 3.05) is 23.8 Å². The molecule has 0 saturated heterocycles. The summed E-state index contributed by atoms with van der Waals surface area (Å²) in [6.45, 7) is 6.95. The van der Waals surface area contributed by atoms with Gasteiger partial charge in [0, 0.05) is 24.3 Å². The normalized spacial score (nSPS) is 10.5. The number of carbonyl (C=O) groups is 2. The molecule has 0 aliphatic carbocycles. The zero-order chi connectivity index (χ0) is 18.9. The lowest BCUT2D eigenvalue weighted by atomic mass is 10.0. The lowest BCUT2D eigenvalue weighted by Crippen LogP contribution is -2.17. The first-order chi connectivity index (χ1) is 12.5. The van der Waals surface area contributed by atoms with E-state index in [0.717, 1.165) is 5.69 Å². The Morgan fingerprint density at radius 2 is 1.73 bits per heavy atom. The molecule has 0 fully saturated rings. The van der Waals surface area contributed by atoms with Gasteiger partial charge in [0.05, 0.1) is 12.2 Å². The van der Waals surface area contributed by atoms with Crippen LogP contribution in [0, 0.1) is 0 Å². The molecule has 0 atom stereocenters. The fraction of sp³-hybridized carbons (Fsp3) is 0.333. The molecular formula is C21H26N2O3. The minimum Gasteiger partial charge on any atom is -0.462 e. The zero-order valence-corrected chi connectivity index (χ0v) is 15.5. The Labute approximate surface area is 154 Å². The van der Waals surface area contributed by atoms with Crippen LogP contribution in [0.3, 0.4) is 0 Å². The van der Waals surface area contributed by atoms with E-state index in [9.17, 15) is 9.59 Å². The number of hydrogen-bond donors (Lipinski definition) is 2. The summed E-state index contributed by atoms with van der Waals surface area (Å²) >= 11 is 0. The van der Waals surface area contributed by atoms with Crippen molar-refractivity contribution in [2.45, 2.75) is 33.1 Å². The van der Waals surface area contributed by atoms with E-state index in [0.29, 0.717) is 36.7 Å². The Kier molecular flexibility index (Phi) is 7.21. The van der Waals surface area contributed by atoms with E-state index >= 15 is 0 Å². The maximum atomic E-state index is 12.1. The molecule has 0 heterocycles. The number of nitrogens with one attached hydrogen (secondary N) is 2. The second-order valence-corrected chi connectivity index (χ2v) is 6.26. The number of anilines is 2. The predicted molar refractivity (Wildman–Crippen MR) is 105 cm³/mol. The number of carbonyl (C=O) groups excluding carboxylic acids is 2. The van der Waals surface area contributed by atoms with Crippen LogP contribution in [0.25, 0.3) is 0 Å². The summed E-state index contributed by atoms with van der Waals surface area (Å²) in [7, 11) is 0. The standard InChI is InChI=1S/C21H26N2O3/c1-4-26-21(25)16-9-11-17(12-10-16)23-20(24)13-14-22-19-8-6-5-7-18(19)15(2)3/h5-12,15,22H,4,13-14H2,1-3H3,(H,23,24). The van der Waals surface area contributed by atoms with Gasteiger partial charge in [-0.05, 0) is 48.7 Å². The Bertz CT molecular complexity index is 739. The Hall–Kier alpha value is -2.82. The maximum Gasteiger partial charge on any atom is 0.338 e. The molecule has 0 aliphatic rings. The molecular weight excluding hydrogens is 328 g/mol. The zero-order valence-electron chi connectivity index (χ0n) is 15.5. The van der Waals surface area contributed by atoms with E-state index in [4.69, 9.17) is 4.74 Å². The maximum absolute atomic E-state index is 12.1. The van der Waals surface area contributed by atoms with Gasteiger partial charge in [0.1, 0.15) is 0 Å². The lowest BCUT2D eigenvalue weighted by molar-refractivity contribution is -0.115. The van der Waals surface area contributed by atoms with Gasteiger partial charge >= 0.3 is 5.97 Å². The summed E-state index contributed by atoms with van der Waals surface area (Å²) in [5.74, 6) is -0.0211. The van der Waals surface area contributed by atoms with Crippen molar-refractivity contribution in [1.29, 1.82) is 0 Å². The van der Waals surface area contributed by atoms with Crippen LogP contribution >= 0.6 is 0 Å². The van der Waals surface area contributed by atoms with Crippen LogP contribution in [0.2, 0.25) is 0 Å². The van der Waals surface area contributed by atoms with Crippen molar-refractivity contribution in [2.24, 2.45) is 0 Å². The molecule has 5 nitrogen and oxygen atoms in total. The monoisotopic (exact) mass is 354 g/mol. The molecule has 0 bridgehead atoms. The molecule has 2 N–H and O–H groups in total. The Balaban J connectivity index is 1.83. The molecule has 0 aromatic heterocycles. The quantitative estimate of drug-likeness (QED) is 0.688. The highest BCUT2D eigenvalue weighted by atomic mass is 16.5. The van der Waals surface area contributed by atoms with Gasteiger partial charge in [-0.25, -0.2) is 4.79 Å². The third-order valence-electron chi connectivity index (χ3n) is 3.93. The first kappa shape index (κ1) is 19.5. The van der Waals surface area contributed by atoms with Crippen LogP contribution < -0.4 is 10.6 Å². The van der Waals surface area contributed by atoms with Gasteiger partial charge in [-0.1, -0.05) is 32.0 Å². The van der Waals surface area contributed by atoms with Crippen molar-refractivity contribution in [3.8, 4) is 0 Å². The highest BCUT2D eigenvalue weighted by Crippen LogP contribution is 2.23. The third kappa shape index (κ3) is 5.62. The molecule has 2 rings (SSSR count). The van der Waals surface area contributed by atoms with E-state index < -0.39 is 0 Å². The summed E-state index contributed by atoms with van der Waals surface area (Å²) in [6, 6.07) is 14.8. The van der Waals surface area contributed by atoms with E-state index in [2.05, 4.69) is 30.5 Å². The fourth-order valence-corrected chi connectivity index (χ4v) is 2.60. The van der Waals surface area contributed by atoms with Gasteiger partial charge < -0.3 is 15.4 Å². The highest BCUT2D eigenvalue weighted by Gasteiger charge is 2.08. The summed E-state index contributed by atoms with van der Waals surface area (Å²) in [6.07, 6.45) is 0.353. The van der Waals surface area contributed by atoms with Crippen LogP contribution in [0.5, 0.6) is 0 Å². The number of amides is 1. The summed E-state index contributed by atoms with van der Waals surface area (Å²) < 4.78 is 4.94. The summed E-state index contributed by atoms with van der Waals surface area (Å²) in [4.78, 5) is 23.7. The number of ether oxygens (including phenoxy) is 1. The molecule has 5 heteroatoms. The highest BCUT2D eigenvalue weighted by molar-refractivity contribution is 5.93. The molecule has 1 amide bonds. The molecule has 2 aromatic carbocycles. The summed E-state index contributed by atoms with van der Waals surface area (Å²) in [5.41, 5.74) is 3.43. The van der Waals surface area contributed by atoms with Gasteiger partial charge in [0.25, 0.3) is 0 Å². The second kappa shape index (κ2) is 9.61. The van der Waals surface area contributed by atoms with Crippen molar-refractivity contribution in [1.82, 2.24) is 0 Å². The smallest absolute Gasteiger partial charge is 0.338 e. The second-order valence-electron chi connectivity index (χ2n) is 6.26. The minimum atomic E-state index is -0.363. The van der Waals surface area contributed by atoms with Crippen LogP contribution in [-0.4, -0.2) is 25.0 Å². The Morgan fingerprint density at radius 3 is 2.38 bits per heavy atom. The molecule has 138 valence electrons. The van der Waals surface area contributed by atoms with Crippen LogP contribution in [0.15, 0.2) is 48.5 Å². The van der Waals surface area contributed by atoms with Crippen LogP contribution in [0.1, 0.15) is 49.0 Å². The van der Waals surface area contributed by atoms with Gasteiger partial charge in [-0.2, -0.15) is 0 Å². The lowest BCUT2D eigenvalue weighted by Gasteiger charge is -2.14. The van der Waals surface area contributed by atoms with Gasteiger partial charge in [-0.15, -0.1) is 0 Å². The molecule has 26 heavy (non-hydrogen) atoms. The average Bonchev–Trinajstić information content (AvgIpc) is 2.62. The number of esters is 1. The third-order valence-corrected chi connectivity index (χ3v) is 3.93. The number of para-hydroxylation sites is 1.